The number of likely N-dealkylation sites (tertiary alicyclic amines) is 1. The summed E-state index contributed by atoms with van der Waals surface area (Å²) in [7, 11) is 0. The summed E-state index contributed by atoms with van der Waals surface area (Å²) >= 11 is 0. The van der Waals surface area contributed by atoms with E-state index in [4.69, 9.17) is 0 Å². The molecule has 2 nitrogen and oxygen atoms in total. The highest BCUT2D eigenvalue weighted by molar-refractivity contribution is 5.79. The van der Waals surface area contributed by atoms with Crippen LogP contribution in [0.1, 0.15) is 30.4 Å². The van der Waals surface area contributed by atoms with Gasteiger partial charge in [0.25, 0.3) is 0 Å². The minimum absolute atomic E-state index is 0.131. The Kier molecular flexibility index (Phi) is 4.48. The van der Waals surface area contributed by atoms with E-state index < -0.39 is 0 Å². The van der Waals surface area contributed by atoms with Gasteiger partial charge in [0.05, 0.1) is 0 Å². The molecule has 1 aromatic carbocycles. The molecule has 0 bridgehead atoms. The van der Waals surface area contributed by atoms with Crippen molar-refractivity contribution in [2.75, 3.05) is 19.6 Å². The summed E-state index contributed by atoms with van der Waals surface area (Å²) in [4.78, 5) is 13.5. The number of halogens is 1. The molecule has 1 saturated heterocycles. The first-order chi connectivity index (χ1) is 8.65. The number of Topliss-reactive ketones (excluding diaryl/α,β-unsaturated/α-hetero) is 1. The zero-order chi connectivity index (χ0) is 13.0. The van der Waals surface area contributed by atoms with Gasteiger partial charge in [0.15, 0.2) is 0 Å². The van der Waals surface area contributed by atoms with Gasteiger partial charge in [-0.1, -0.05) is 12.1 Å². The summed E-state index contributed by atoms with van der Waals surface area (Å²) in [5.74, 6) is 0.258. The summed E-state index contributed by atoms with van der Waals surface area (Å²) in [5.41, 5.74) is 1.91. The van der Waals surface area contributed by atoms with Gasteiger partial charge in [-0.15, -0.1) is 0 Å². The number of carbonyl (C=O) groups is 1. The Labute approximate surface area is 108 Å². The van der Waals surface area contributed by atoms with Crippen molar-refractivity contribution < 1.29 is 9.18 Å². The van der Waals surface area contributed by atoms with E-state index in [2.05, 4.69) is 4.90 Å². The summed E-state index contributed by atoms with van der Waals surface area (Å²) in [6.07, 6.45) is 3.45. The van der Waals surface area contributed by atoms with Crippen LogP contribution in [0.2, 0.25) is 0 Å². The second-order valence-electron chi connectivity index (χ2n) is 5.07. The van der Waals surface area contributed by atoms with Gasteiger partial charge in [-0.05, 0) is 43.5 Å². The third kappa shape index (κ3) is 3.64. The number of carbonyl (C=O) groups excluding carboxylic acids is 1. The first-order valence-electron chi connectivity index (χ1n) is 6.64. The number of rotatable bonds is 4. The molecule has 0 aliphatic carbocycles. The molecule has 1 fully saturated rings. The highest BCUT2D eigenvalue weighted by Crippen LogP contribution is 2.12. The summed E-state index contributed by atoms with van der Waals surface area (Å²) in [6.45, 7) is 4.64. The van der Waals surface area contributed by atoms with Gasteiger partial charge in [-0.3, -0.25) is 4.79 Å². The molecule has 18 heavy (non-hydrogen) atoms. The number of nitrogens with zero attached hydrogens (tertiary/aromatic N) is 1. The van der Waals surface area contributed by atoms with E-state index in [9.17, 15) is 9.18 Å². The van der Waals surface area contributed by atoms with Gasteiger partial charge in [0.1, 0.15) is 11.6 Å². The van der Waals surface area contributed by atoms with E-state index in [0.717, 1.165) is 38.0 Å². The minimum Gasteiger partial charge on any atom is -0.302 e. The van der Waals surface area contributed by atoms with Crippen molar-refractivity contribution in [3.05, 3.63) is 35.1 Å². The van der Waals surface area contributed by atoms with Crippen LogP contribution in [0, 0.1) is 12.7 Å². The third-order valence-electron chi connectivity index (χ3n) is 3.58. The number of ketones is 1. The highest BCUT2D eigenvalue weighted by atomic mass is 19.1. The van der Waals surface area contributed by atoms with Crippen molar-refractivity contribution in [3.8, 4) is 0 Å². The number of hydrogen-bond donors (Lipinski definition) is 0. The Morgan fingerprint density at radius 3 is 2.67 bits per heavy atom. The van der Waals surface area contributed by atoms with E-state index in [0.29, 0.717) is 18.6 Å². The molecular formula is C15H20FNO. The Bertz CT molecular complexity index is 421. The quantitative estimate of drug-likeness (QED) is 0.817. The van der Waals surface area contributed by atoms with Crippen LogP contribution in [0.25, 0.3) is 0 Å². The van der Waals surface area contributed by atoms with Crippen molar-refractivity contribution >= 4 is 5.78 Å². The van der Waals surface area contributed by atoms with Gasteiger partial charge in [-0.2, -0.15) is 0 Å². The molecule has 0 radical (unpaired) electrons. The molecule has 0 unspecified atom stereocenters. The maximum absolute atomic E-state index is 13.1. The standard InChI is InChI=1S/C15H20FNO/c1-12-11-13(4-5-15(12)16)3-2-8-17-9-6-14(18)7-10-17/h4-5,11H,2-3,6-10H2,1H3. The third-order valence-corrected chi connectivity index (χ3v) is 3.58. The molecule has 1 aliphatic heterocycles. The molecule has 0 spiro atoms. The van der Waals surface area contributed by atoms with Crippen molar-refractivity contribution in [1.29, 1.82) is 0 Å². The zero-order valence-corrected chi connectivity index (χ0v) is 10.9. The van der Waals surface area contributed by atoms with E-state index in [1.165, 1.54) is 5.56 Å². The smallest absolute Gasteiger partial charge is 0.135 e. The average molecular weight is 249 g/mol. The minimum atomic E-state index is -0.131. The lowest BCUT2D eigenvalue weighted by molar-refractivity contribution is -0.121. The second-order valence-corrected chi connectivity index (χ2v) is 5.07. The van der Waals surface area contributed by atoms with Crippen molar-refractivity contribution in [2.45, 2.75) is 32.6 Å². The van der Waals surface area contributed by atoms with Gasteiger partial charge >= 0.3 is 0 Å². The zero-order valence-electron chi connectivity index (χ0n) is 10.9. The topological polar surface area (TPSA) is 20.3 Å². The van der Waals surface area contributed by atoms with Crippen LogP contribution in [0.15, 0.2) is 18.2 Å². The maximum Gasteiger partial charge on any atom is 0.135 e. The molecule has 2 rings (SSSR count). The lowest BCUT2D eigenvalue weighted by Crippen LogP contribution is -2.34. The van der Waals surface area contributed by atoms with Gasteiger partial charge < -0.3 is 4.90 Å². The van der Waals surface area contributed by atoms with Crippen molar-refractivity contribution in [2.24, 2.45) is 0 Å². The fraction of sp³-hybridized carbons (Fsp3) is 0.533. The second kappa shape index (κ2) is 6.10. The van der Waals surface area contributed by atoms with Crippen LogP contribution in [-0.2, 0) is 11.2 Å². The Morgan fingerprint density at radius 1 is 1.28 bits per heavy atom. The fourth-order valence-electron chi connectivity index (χ4n) is 2.40. The molecule has 1 aromatic rings. The summed E-state index contributed by atoms with van der Waals surface area (Å²) < 4.78 is 13.1. The molecule has 0 N–H and O–H groups in total. The first-order valence-corrected chi connectivity index (χ1v) is 6.64. The largest absolute Gasteiger partial charge is 0.302 e. The molecule has 0 aromatic heterocycles. The lowest BCUT2D eigenvalue weighted by Gasteiger charge is -2.25. The Balaban J connectivity index is 1.74. The van der Waals surface area contributed by atoms with Crippen LogP contribution < -0.4 is 0 Å². The van der Waals surface area contributed by atoms with Gasteiger partial charge in [0, 0.05) is 25.9 Å². The Morgan fingerprint density at radius 2 is 2.00 bits per heavy atom. The van der Waals surface area contributed by atoms with Crippen molar-refractivity contribution in [1.82, 2.24) is 4.90 Å². The van der Waals surface area contributed by atoms with Gasteiger partial charge in [-0.25, -0.2) is 4.39 Å². The number of piperidine rings is 1. The van der Waals surface area contributed by atoms with Crippen LogP contribution in [-0.4, -0.2) is 30.3 Å². The van der Waals surface area contributed by atoms with E-state index in [-0.39, 0.29) is 5.82 Å². The normalized spacial score (nSPS) is 17.1. The fourth-order valence-corrected chi connectivity index (χ4v) is 2.40. The predicted octanol–water partition coefficient (Wildman–Crippen LogP) is 2.73. The summed E-state index contributed by atoms with van der Waals surface area (Å²) in [5, 5.41) is 0. The molecule has 1 aliphatic rings. The number of hydrogen-bond acceptors (Lipinski definition) is 2. The predicted molar refractivity (Wildman–Crippen MR) is 70.1 cm³/mol. The molecule has 0 amide bonds. The van der Waals surface area contributed by atoms with Crippen LogP contribution in [0.4, 0.5) is 4.39 Å². The van der Waals surface area contributed by atoms with Crippen LogP contribution >= 0.6 is 0 Å². The Hall–Kier alpha value is -1.22. The van der Waals surface area contributed by atoms with E-state index >= 15 is 0 Å². The van der Waals surface area contributed by atoms with E-state index in [1.54, 1.807) is 13.0 Å². The number of benzene rings is 1. The van der Waals surface area contributed by atoms with Crippen molar-refractivity contribution in [3.63, 3.8) is 0 Å². The molecule has 1 heterocycles. The SMILES string of the molecule is Cc1cc(CCCN2CCC(=O)CC2)ccc1F. The van der Waals surface area contributed by atoms with Crippen LogP contribution in [0.5, 0.6) is 0 Å². The highest BCUT2D eigenvalue weighted by Gasteiger charge is 2.15. The molecule has 98 valence electrons. The molecule has 0 atom stereocenters. The van der Waals surface area contributed by atoms with Crippen LogP contribution in [0.3, 0.4) is 0 Å². The number of aryl methyl sites for hydroxylation is 2. The van der Waals surface area contributed by atoms with Gasteiger partial charge in [0.2, 0.25) is 0 Å². The van der Waals surface area contributed by atoms with E-state index in [1.807, 2.05) is 12.1 Å². The molecular weight excluding hydrogens is 229 g/mol. The molecule has 3 heteroatoms. The lowest BCUT2D eigenvalue weighted by atomic mass is 10.1. The summed E-state index contributed by atoms with van der Waals surface area (Å²) in [6, 6.07) is 5.33. The average Bonchev–Trinajstić information content (AvgIpc) is 2.36. The maximum atomic E-state index is 13.1. The molecule has 0 saturated carbocycles. The first kappa shape index (κ1) is 13.2. The monoisotopic (exact) mass is 249 g/mol.